The van der Waals surface area contributed by atoms with Crippen molar-refractivity contribution in [1.82, 2.24) is 15.3 Å². The molecule has 0 bridgehead atoms. The van der Waals surface area contributed by atoms with E-state index in [4.69, 9.17) is 0 Å². The van der Waals surface area contributed by atoms with E-state index in [1.807, 2.05) is 6.33 Å². The Hall–Kier alpha value is -0.830. The van der Waals surface area contributed by atoms with Crippen molar-refractivity contribution in [1.29, 1.82) is 0 Å². The van der Waals surface area contributed by atoms with Gasteiger partial charge >= 0.3 is 0 Å². The SMILES string of the molecule is c1nc(C2CCCCC2)c(C2CCNCC2)[nH]1. The minimum Gasteiger partial charge on any atom is -0.348 e. The Kier molecular flexibility index (Phi) is 3.46. The Labute approximate surface area is 103 Å². The minimum absolute atomic E-state index is 0.718. The zero-order chi connectivity index (χ0) is 11.5. The number of hydrogen-bond donors (Lipinski definition) is 2. The molecule has 2 aliphatic rings. The molecule has 3 nitrogen and oxygen atoms in total. The molecule has 3 rings (SSSR count). The van der Waals surface area contributed by atoms with Gasteiger partial charge in [-0.3, -0.25) is 0 Å². The van der Waals surface area contributed by atoms with Gasteiger partial charge in [0.25, 0.3) is 0 Å². The summed E-state index contributed by atoms with van der Waals surface area (Å²) in [7, 11) is 0. The zero-order valence-corrected chi connectivity index (χ0v) is 10.5. The van der Waals surface area contributed by atoms with E-state index in [2.05, 4.69) is 15.3 Å². The summed E-state index contributed by atoms with van der Waals surface area (Å²) in [5.41, 5.74) is 2.86. The third kappa shape index (κ3) is 2.39. The minimum atomic E-state index is 0.718. The summed E-state index contributed by atoms with van der Waals surface area (Å²) in [5, 5.41) is 3.44. The first kappa shape index (κ1) is 11.3. The van der Waals surface area contributed by atoms with E-state index in [9.17, 15) is 0 Å². The third-order valence-corrected chi connectivity index (χ3v) is 4.44. The highest BCUT2D eigenvalue weighted by molar-refractivity contribution is 5.21. The lowest BCUT2D eigenvalue weighted by molar-refractivity contribution is 0.418. The van der Waals surface area contributed by atoms with Crippen molar-refractivity contribution in [2.45, 2.75) is 56.8 Å². The van der Waals surface area contributed by atoms with Crippen molar-refractivity contribution in [3.05, 3.63) is 17.7 Å². The van der Waals surface area contributed by atoms with E-state index in [-0.39, 0.29) is 0 Å². The first-order chi connectivity index (χ1) is 8.45. The predicted octanol–water partition coefficient (Wildman–Crippen LogP) is 2.92. The van der Waals surface area contributed by atoms with Crippen molar-refractivity contribution in [2.75, 3.05) is 13.1 Å². The summed E-state index contributed by atoms with van der Waals surface area (Å²) in [6.45, 7) is 2.32. The van der Waals surface area contributed by atoms with Gasteiger partial charge in [0.1, 0.15) is 0 Å². The van der Waals surface area contributed by atoms with Gasteiger partial charge in [-0.1, -0.05) is 19.3 Å². The molecule has 1 aliphatic heterocycles. The largest absolute Gasteiger partial charge is 0.348 e. The number of rotatable bonds is 2. The van der Waals surface area contributed by atoms with Gasteiger partial charge in [-0.2, -0.15) is 0 Å². The molecule has 94 valence electrons. The summed E-state index contributed by atoms with van der Waals surface area (Å²) in [6, 6.07) is 0. The van der Waals surface area contributed by atoms with Crippen molar-refractivity contribution >= 4 is 0 Å². The van der Waals surface area contributed by atoms with E-state index < -0.39 is 0 Å². The van der Waals surface area contributed by atoms with Gasteiger partial charge < -0.3 is 10.3 Å². The number of aromatic nitrogens is 2. The van der Waals surface area contributed by atoms with Crippen LogP contribution in [0.2, 0.25) is 0 Å². The lowest BCUT2D eigenvalue weighted by Crippen LogP contribution is -2.27. The molecule has 0 amide bonds. The maximum absolute atomic E-state index is 4.64. The van der Waals surface area contributed by atoms with Gasteiger partial charge in [0.05, 0.1) is 12.0 Å². The number of H-pyrrole nitrogens is 1. The average Bonchev–Trinajstić information content (AvgIpc) is 2.90. The fraction of sp³-hybridized carbons (Fsp3) is 0.786. The number of nitrogens with one attached hydrogen (secondary N) is 2. The van der Waals surface area contributed by atoms with E-state index in [1.165, 1.54) is 56.3 Å². The van der Waals surface area contributed by atoms with Crippen LogP contribution in [0, 0.1) is 0 Å². The summed E-state index contributed by atoms with van der Waals surface area (Å²) in [6.07, 6.45) is 11.4. The van der Waals surface area contributed by atoms with Crippen LogP contribution in [0.1, 0.15) is 68.2 Å². The van der Waals surface area contributed by atoms with E-state index in [1.54, 1.807) is 0 Å². The second kappa shape index (κ2) is 5.21. The van der Waals surface area contributed by atoms with Crippen molar-refractivity contribution in [3.8, 4) is 0 Å². The molecule has 0 atom stereocenters. The Morgan fingerprint density at radius 3 is 2.47 bits per heavy atom. The van der Waals surface area contributed by atoms with Gasteiger partial charge in [0.15, 0.2) is 0 Å². The predicted molar refractivity (Wildman–Crippen MR) is 69.3 cm³/mol. The highest BCUT2D eigenvalue weighted by Gasteiger charge is 2.25. The fourth-order valence-electron chi connectivity index (χ4n) is 3.45. The lowest BCUT2D eigenvalue weighted by atomic mass is 9.83. The Morgan fingerprint density at radius 1 is 0.941 bits per heavy atom. The average molecular weight is 233 g/mol. The molecule has 0 radical (unpaired) electrons. The number of piperidine rings is 1. The summed E-state index contributed by atoms with van der Waals surface area (Å²) in [4.78, 5) is 8.07. The van der Waals surface area contributed by atoms with Gasteiger partial charge in [-0.05, 0) is 38.8 Å². The van der Waals surface area contributed by atoms with Crippen LogP contribution in [0.25, 0.3) is 0 Å². The summed E-state index contributed by atoms with van der Waals surface area (Å²) in [5.74, 6) is 1.45. The topological polar surface area (TPSA) is 40.7 Å². The highest BCUT2D eigenvalue weighted by Crippen LogP contribution is 2.36. The molecule has 17 heavy (non-hydrogen) atoms. The van der Waals surface area contributed by atoms with E-state index in [0.29, 0.717) is 0 Å². The number of imidazole rings is 1. The molecule has 0 unspecified atom stereocenters. The molecular formula is C14H23N3. The van der Waals surface area contributed by atoms with Crippen LogP contribution in [-0.4, -0.2) is 23.1 Å². The van der Waals surface area contributed by atoms with Crippen LogP contribution >= 0.6 is 0 Å². The Balaban J connectivity index is 1.77. The van der Waals surface area contributed by atoms with Crippen LogP contribution in [-0.2, 0) is 0 Å². The number of hydrogen-bond acceptors (Lipinski definition) is 2. The smallest absolute Gasteiger partial charge is 0.0925 e. The highest BCUT2D eigenvalue weighted by atomic mass is 14.9. The van der Waals surface area contributed by atoms with Crippen LogP contribution in [0.15, 0.2) is 6.33 Å². The molecule has 3 heteroatoms. The van der Waals surface area contributed by atoms with Gasteiger partial charge in [-0.25, -0.2) is 4.98 Å². The molecule has 2 heterocycles. The number of nitrogens with zero attached hydrogens (tertiary/aromatic N) is 1. The van der Waals surface area contributed by atoms with E-state index >= 15 is 0 Å². The van der Waals surface area contributed by atoms with Crippen LogP contribution in [0.5, 0.6) is 0 Å². The maximum Gasteiger partial charge on any atom is 0.0925 e. The standard InChI is InChI=1S/C14H23N3/c1-2-4-11(5-3-1)13-14(17-10-16-13)12-6-8-15-9-7-12/h10-12,15H,1-9H2,(H,16,17). The molecule has 2 N–H and O–H groups in total. The molecule has 1 aliphatic carbocycles. The first-order valence-electron chi connectivity index (χ1n) is 7.19. The lowest BCUT2D eigenvalue weighted by Gasteiger charge is -2.26. The molecule has 1 saturated heterocycles. The second-order valence-corrected chi connectivity index (χ2v) is 5.56. The van der Waals surface area contributed by atoms with Gasteiger partial charge in [0, 0.05) is 17.5 Å². The third-order valence-electron chi connectivity index (χ3n) is 4.44. The van der Waals surface area contributed by atoms with Crippen molar-refractivity contribution in [3.63, 3.8) is 0 Å². The monoisotopic (exact) mass is 233 g/mol. The first-order valence-corrected chi connectivity index (χ1v) is 7.19. The maximum atomic E-state index is 4.64. The van der Waals surface area contributed by atoms with Crippen LogP contribution < -0.4 is 5.32 Å². The molecule has 1 aromatic heterocycles. The molecule has 0 aromatic carbocycles. The fourth-order valence-corrected chi connectivity index (χ4v) is 3.45. The molecule has 1 aromatic rings. The summed E-state index contributed by atoms with van der Waals surface area (Å²) < 4.78 is 0. The second-order valence-electron chi connectivity index (χ2n) is 5.56. The van der Waals surface area contributed by atoms with Crippen molar-refractivity contribution < 1.29 is 0 Å². The molecule has 0 spiro atoms. The summed E-state index contributed by atoms with van der Waals surface area (Å²) >= 11 is 0. The quantitative estimate of drug-likeness (QED) is 0.824. The molecule has 2 fully saturated rings. The van der Waals surface area contributed by atoms with Gasteiger partial charge in [0.2, 0.25) is 0 Å². The van der Waals surface area contributed by atoms with Crippen LogP contribution in [0.4, 0.5) is 0 Å². The number of aromatic amines is 1. The molecular weight excluding hydrogens is 210 g/mol. The Bertz CT molecular complexity index is 314. The normalized spacial score (nSPS) is 24.0. The zero-order valence-electron chi connectivity index (χ0n) is 10.5. The van der Waals surface area contributed by atoms with Crippen LogP contribution in [0.3, 0.4) is 0 Å². The Morgan fingerprint density at radius 2 is 1.71 bits per heavy atom. The van der Waals surface area contributed by atoms with Gasteiger partial charge in [-0.15, -0.1) is 0 Å². The molecule has 1 saturated carbocycles. The van der Waals surface area contributed by atoms with E-state index in [0.717, 1.165) is 24.9 Å². The van der Waals surface area contributed by atoms with Crippen molar-refractivity contribution in [2.24, 2.45) is 0 Å².